The minimum atomic E-state index is -0.0974. The van der Waals surface area contributed by atoms with E-state index in [-0.39, 0.29) is 5.41 Å². The molecule has 1 aliphatic heterocycles. The fraction of sp³-hybridized carbons (Fsp3) is 0.529. The summed E-state index contributed by atoms with van der Waals surface area (Å²) in [6.45, 7) is 9.01. The van der Waals surface area contributed by atoms with E-state index in [1.165, 1.54) is 0 Å². The first kappa shape index (κ1) is 16.0. The van der Waals surface area contributed by atoms with Crippen molar-refractivity contribution >= 4 is 11.5 Å². The average molecular weight is 341 g/mol. The molecule has 1 fully saturated rings. The highest BCUT2D eigenvalue weighted by molar-refractivity contribution is 5.48. The van der Waals surface area contributed by atoms with Crippen molar-refractivity contribution in [3.8, 4) is 0 Å². The van der Waals surface area contributed by atoms with Crippen molar-refractivity contribution in [3.63, 3.8) is 0 Å². The van der Waals surface area contributed by atoms with Gasteiger partial charge in [0.15, 0.2) is 17.2 Å². The van der Waals surface area contributed by atoms with Crippen LogP contribution in [0.4, 0.5) is 5.82 Å². The predicted molar refractivity (Wildman–Crippen MR) is 93.5 cm³/mol. The molecule has 4 heterocycles. The van der Waals surface area contributed by atoms with E-state index in [0.29, 0.717) is 6.04 Å². The third-order valence-electron chi connectivity index (χ3n) is 4.63. The van der Waals surface area contributed by atoms with Gasteiger partial charge in [-0.15, -0.1) is 15.3 Å². The quantitative estimate of drug-likeness (QED) is 0.715. The van der Waals surface area contributed by atoms with E-state index in [4.69, 9.17) is 9.62 Å². The first-order valence-corrected chi connectivity index (χ1v) is 8.49. The fourth-order valence-corrected chi connectivity index (χ4v) is 3.04. The summed E-state index contributed by atoms with van der Waals surface area (Å²) in [7, 11) is 2.11. The zero-order valence-corrected chi connectivity index (χ0v) is 15.0. The molecule has 3 aromatic rings. The third-order valence-corrected chi connectivity index (χ3v) is 4.63. The maximum absolute atomic E-state index is 5.18. The van der Waals surface area contributed by atoms with Crippen LogP contribution in [0, 0.1) is 0 Å². The molecule has 4 rings (SSSR count). The number of nitrogens with zero attached hydrogens (tertiary/aromatic N) is 7. The normalized spacial score (nSPS) is 16.0. The largest absolute Gasteiger partial charge is 0.360 e. The van der Waals surface area contributed by atoms with Gasteiger partial charge in [-0.05, 0) is 19.2 Å². The molecule has 1 saturated heterocycles. The number of hydrogen-bond donors (Lipinski definition) is 0. The highest BCUT2D eigenvalue weighted by Crippen LogP contribution is 2.25. The van der Waals surface area contributed by atoms with Crippen LogP contribution in [0.2, 0.25) is 0 Å². The number of fused-ring (bicyclic) bond motifs is 1. The molecule has 0 saturated carbocycles. The number of rotatable bonds is 4. The highest BCUT2D eigenvalue weighted by Gasteiger charge is 2.32. The van der Waals surface area contributed by atoms with Gasteiger partial charge in [0.25, 0.3) is 0 Å². The number of likely N-dealkylation sites (N-methyl/N-ethyl adjacent to an activating group) is 1. The van der Waals surface area contributed by atoms with E-state index in [1.807, 2.05) is 22.7 Å². The summed E-state index contributed by atoms with van der Waals surface area (Å²) in [6.07, 6.45) is 1.68. The Hall–Kier alpha value is -2.48. The molecular weight excluding hydrogens is 318 g/mol. The molecule has 0 spiro atoms. The number of hydrogen-bond acceptors (Lipinski definition) is 7. The molecule has 0 bridgehead atoms. The van der Waals surface area contributed by atoms with Crippen LogP contribution in [-0.2, 0) is 12.0 Å². The zero-order chi connectivity index (χ0) is 17.6. The topological polar surface area (TPSA) is 75.6 Å². The van der Waals surface area contributed by atoms with Gasteiger partial charge in [-0.2, -0.15) is 4.52 Å². The second-order valence-electron chi connectivity index (χ2n) is 7.69. The Kier molecular flexibility index (Phi) is 3.72. The van der Waals surface area contributed by atoms with Crippen LogP contribution in [0.3, 0.4) is 0 Å². The van der Waals surface area contributed by atoms with E-state index < -0.39 is 0 Å². The van der Waals surface area contributed by atoms with Crippen molar-refractivity contribution in [2.24, 2.45) is 0 Å². The third kappa shape index (κ3) is 2.97. The van der Waals surface area contributed by atoms with Crippen molar-refractivity contribution in [3.05, 3.63) is 36.0 Å². The number of aromatic nitrogens is 5. The summed E-state index contributed by atoms with van der Waals surface area (Å²) in [5, 5.41) is 17.0. The SMILES string of the molecule is CN(Cc1ccno1)C1CN(c2ccc3nnc(C(C)(C)C)n3n2)C1. The van der Waals surface area contributed by atoms with Gasteiger partial charge in [-0.3, -0.25) is 4.90 Å². The van der Waals surface area contributed by atoms with Crippen LogP contribution in [0.15, 0.2) is 28.9 Å². The Labute approximate surface area is 146 Å². The molecular formula is C17H23N7O. The maximum atomic E-state index is 5.18. The van der Waals surface area contributed by atoms with E-state index in [1.54, 1.807) is 6.20 Å². The lowest BCUT2D eigenvalue weighted by molar-refractivity contribution is 0.177. The Morgan fingerprint density at radius 1 is 1.20 bits per heavy atom. The first-order valence-electron chi connectivity index (χ1n) is 8.49. The van der Waals surface area contributed by atoms with Crippen LogP contribution < -0.4 is 4.90 Å². The Morgan fingerprint density at radius 3 is 2.68 bits per heavy atom. The standard InChI is InChI=1S/C17H23N7O/c1-17(2,3)16-20-19-14-5-6-15(21-24(14)16)23-9-12(10-23)22(4)11-13-7-8-18-25-13/h5-8,12H,9-11H2,1-4H3. The zero-order valence-electron chi connectivity index (χ0n) is 15.0. The second kappa shape index (κ2) is 5.80. The molecule has 0 unspecified atom stereocenters. The van der Waals surface area contributed by atoms with Crippen molar-refractivity contribution in [1.82, 2.24) is 29.9 Å². The lowest BCUT2D eigenvalue weighted by Crippen LogP contribution is -2.58. The molecule has 0 N–H and O–H groups in total. The minimum Gasteiger partial charge on any atom is -0.360 e. The molecule has 0 amide bonds. The van der Waals surface area contributed by atoms with Crippen LogP contribution in [0.1, 0.15) is 32.4 Å². The second-order valence-corrected chi connectivity index (χ2v) is 7.69. The van der Waals surface area contributed by atoms with Gasteiger partial charge in [-0.25, -0.2) is 0 Å². The molecule has 8 nitrogen and oxygen atoms in total. The molecule has 8 heteroatoms. The van der Waals surface area contributed by atoms with Gasteiger partial charge in [0.05, 0.1) is 12.7 Å². The van der Waals surface area contributed by atoms with Crippen molar-refractivity contribution in [2.45, 2.75) is 38.8 Å². The first-order chi connectivity index (χ1) is 11.9. The van der Waals surface area contributed by atoms with Crippen molar-refractivity contribution < 1.29 is 4.52 Å². The van der Waals surface area contributed by atoms with E-state index >= 15 is 0 Å². The summed E-state index contributed by atoms with van der Waals surface area (Å²) >= 11 is 0. The van der Waals surface area contributed by atoms with Gasteiger partial charge in [0.2, 0.25) is 0 Å². The lowest BCUT2D eigenvalue weighted by atomic mass is 9.96. The molecule has 0 radical (unpaired) electrons. The monoisotopic (exact) mass is 341 g/mol. The summed E-state index contributed by atoms with van der Waals surface area (Å²) in [5.74, 6) is 2.73. The van der Waals surface area contributed by atoms with E-state index in [9.17, 15) is 0 Å². The Morgan fingerprint density at radius 2 is 2.00 bits per heavy atom. The van der Waals surface area contributed by atoms with Crippen LogP contribution in [0.5, 0.6) is 0 Å². The van der Waals surface area contributed by atoms with Gasteiger partial charge < -0.3 is 9.42 Å². The molecule has 1 aliphatic rings. The summed E-state index contributed by atoms with van der Waals surface area (Å²) in [6, 6.07) is 6.38. The average Bonchev–Trinajstić information content (AvgIpc) is 3.13. The van der Waals surface area contributed by atoms with Crippen molar-refractivity contribution in [1.29, 1.82) is 0 Å². The van der Waals surface area contributed by atoms with Gasteiger partial charge >= 0.3 is 0 Å². The van der Waals surface area contributed by atoms with E-state index in [2.05, 4.69) is 53.0 Å². The molecule has 0 aromatic carbocycles. The van der Waals surface area contributed by atoms with Gasteiger partial charge in [0, 0.05) is 30.6 Å². The Bertz CT molecular complexity index is 859. The fourth-order valence-electron chi connectivity index (χ4n) is 3.04. The highest BCUT2D eigenvalue weighted by atomic mass is 16.5. The lowest BCUT2D eigenvalue weighted by Gasteiger charge is -2.44. The van der Waals surface area contributed by atoms with Crippen LogP contribution >= 0.6 is 0 Å². The summed E-state index contributed by atoms with van der Waals surface area (Å²) in [4.78, 5) is 4.56. The predicted octanol–water partition coefficient (Wildman–Crippen LogP) is 1.73. The molecule has 0 aliphatic carbocycles. The minimum absolute atomic E-state index is 0.0974. The van der Waals surface area contributed by atoms with Crippen LogP contribution in [-0.4, -0.2) is 56.0 Å². The smallest absolute Gasteiger partial charge is 0.178 e. The molecule has 132 valence electrons. The van der Waals surface area contributed by atoms with E-state index in [0.717, 1.165) is 42.7 Å². The molecule has 3 aromatic heterocycles. The maximum Gasteiger partial charge on any atom is 0.178 e. The molecule has 0 atom stereocenters. The van der Waals surface area contributed by atoms with Gasteiger partial charge in [0.1, 0.15) is 5.82 Å². The molecule has 25 heavy (non-hydrogen) atoms. The van der Waals surface area contributed by atoms with Gasteiger partial charge in [-0.1, -0.05) is 25.9 Å². The van der Waals surface area contributed by atoms with Crippen LogP contribution in [0.25, 0.3) is 5.65 Å². The van der Waals surface area contributed by atoms with Crippen molar-refractivity contribution in [2.75, 3.05) is 25.0 Å². The number of anilines is 1. The summed E-state index contributed by atoms with van der Waals surface area (Å²) in [5.41, 5.74) is 0.688. The summed E-state index contributed by atoms with van der Waals surface area (Å²) < 4.78 is 7.05. The Balaban J connectivity index is 1.47.